The van der Waals surface area contributed by atoms with Gasteiger partial charge >= 0.3 is 0 Å². The number of nitriles is 1. The van der Waals surface area contributed by atoms with Gasteiger partial charge in [-0.05, 0) is 49.2 Å². The van der Waals surface area contributed by atoms with Gasteiger partial charge in [0.05, 0.1) is 35.3 Å². The number of ether oxygens (including phenoxy) is 1. The van der Waals surface area contributed by atoms with E-state index >= 15 is 0 Å². The highest BCUT2D eigenvalue weighted by atomic mass is 16.5. The van der Waals surface area contributed by atoms with E-state index in [9.17, 15) is 4.79 Å². The lowest BCUT2D eigenvalue weighted by atomic mass is 10.0. The number of carbonyl (C=O) groups excluding carboxylic acids is 1. The van der Waals surface area contributed by atoms with Gasteiger partial charge in [0.25, 0.3) is 0 Å². The van der Waals surface area contributed by atoms with Gasteiger partial charge in [0.1, 0.15) is 5.75 Å². The van der Waals surface area contributed by atoms with E-state index in [1.165, 1.54) is 0 Å². The Morgan fingerprint density at radius 3 is 2.74 bits per heavy atom. The van der Waals surface area contributed by atoms with Crippen LogP contribution < -0.4 is 4.74 Å². The zero-order valence-electron chi connectivity index (χ0n) is 13.1. The van der Waals surface area contributed by atoms with Crippen molar-refractivity contribution in [2.75, 3.05) is 7.11 Å². The molecule has 0 aliphatic rings. The number of nitrogens with zero attached hydrogens (tertiary/aromatic N) is 2. The van der Waals surface area contributed by atoms with Crippen molar-refractivity contribution < 1.29 is 9.53 Å². The molecule has 3 aromatic rings. The Morgan fingerprint density at radius 2 is 2.04 bits per heavy atom. The molecule has 0 atom stereocenters. The highest BCUT2D eigenvalue weighted by Crippen LogP contribution is 2.27. The van der Waals surface area contributed by atoms with Crippen LogP contribution in [0.2, 0.25) is 0 Å². The summed E-state index contributed by atoms with van der Waals surface area (Å²) in [7, 11) is 1.54. The van der Waals surface area contributed by atoms with Gasteiger partial charge in [0, 0.05) is 0 Å². The summed E-state index contributed by atoms with van der Waals surface area (Å²) in [5.41, 5.74) is 4.19. The maximum absolute atomic E-state index is 12.8. The summed E-state index contributed by atoms with van der Waals surface area (Å²) in [5, 5.41) is 8.95. The van der Waals surface area contributed by atoms with Crippen molar-refractivity contribution in [3.8, 4) is 11.8 Å². The molecule has 1 N–H and O–H groups in total. The molecule has 0 bridgehead atoms. The Hall–Kier alpha value is -3.13. The van der Waals surface area contributed by atoms with Crippen LogP contribution in [0.3, 0.4) is 0 Å². The van der Waals surface area contributed by atoms with Crippen LogP contribution in [-0.2, 0) is 0 Å². The molecule has 0 fully saturated rings. The van der Waals surface area contributed by atoms with Crippen molar-refractivity contribution >= 4 is 16.8 Å². The van der Waals surface area contributed by atoms with E-state index in [0.29, 0.717) is 27.9 Å². The molecule has 114 valence electrons. The van der Waals surface area contributed by atoms with E-state index < -0.39 is 0 Å². The lowest BCUT2D eigenvalue weighted by Crippen LogP contribution is -2.08. The van der Waals surface area contributed by atoms with E-state index in [2.05, 4.69) is 16.0 Å². The van der Waals surface area contributed by atoms with Gasteiger partial charge in [-0.25, -0.2) is 4.98 Å². The maximum atomic E-state index is 12.8. The number of aromatic nitrogens is 2. The lowest BCUT2D eigenvalue weighted by Gasteiger charge is -2.10. The number of hydrogen-bond acceptors (Lipinski definition) is 4. The highest BCUT2D eigenvalue weighted by molar-refractivity contribution is 6.10. The topological polar surface area (TPSA) is 78.8 Å². The van der Waals surface area contributed by atoms with Crippen LogP contribution in [0, 0.1) is 25.2 Å². The van der Waals surface area contributed by atoms with Gasteiger partial charge in [0.15, 0.2) is 5.82 Å². The van der Waals surface area contributed by atoms with Crippen molar-refractivity contribution in [3.63, 3.8) is 0 Å². The molecule has 3 rings (SSSR count). The number of imidazole rings is 1. The second-order valence-corrected chi connectivity index (χ2v) is 5.42. The molecule has 0 spiro atoms. The number of H-pyrrole nitrogens is 1. The first-order valence-electron chi connectivity index (χ1n) is 7.13. The monoisotopic (exact) mass is 305 g/mol. The Labute approximate surface area is 133 Å². The van der Waals surface area contributed by atoms with Crippen LogP contribution in [0.15, 0.2) is 30.3 Å². The molecule has 0 aliphatic carbocycles. The quantitative estimate of drug-likeness (QED) is 0.753. The van der Waals surface area contributed by atoms with Crippen molar-refractivity contribution in [2.45, 2.75) is 13.8 Å². The van der Waals surface area contributed by atoms with E-state index in [4.69, 9.17) is 10.00 Å². The number of ketones is 1. The first-order valence-corrected chi connectivity index (χ1v) is 7.13. The average molecular weight is 305 g/mol. The van der Waals surface area contributed by atoms with E-state index in [-0.39, 0.29) is 11.6 Å². The number of hydrogen-bond donors (Lipinski definition) is 1. The number of rotatable bonds is 3. The van der Waals surface area contributed by atoms with Crippen molar-refractivity contribution in [1.29, 1.82) is 5.26 Å². The molecule has 5 heteroatoms. The lowest BCUT2D eigenvalue weighted by molar-refractivity contribution is 0.102. The normalized spacial score (nSPS) is 10.5. The molecule has 0 unspecified atom stereocenters. The summed E-state index contributed by atoms with van der Waals surface area (Å²) in [4.78, 5) is 20.2. The fraction of sp³-hybridized carbons (Fsp3) is 0.167. The molecule has 0 aliphatic heterocycles. The number of benzene rings is 2. The molecule has 0 saturated heterocycles. The number of nitrogens with one attached hydrogen (secondary N) is 1. The highest BCUT2D eigenvalue weighted by Gasteiger charge is 2.21. The molecule has 2 aromatic carbocycles. The van der Waals surface area contributed by atoms with Crippen molar-refractivity contribution in [2.24, 2.45) is 0 Å². The van der Waals surface area contributed by atoms with E-state index in [1.54, 1.807) is 25.3 Å². The minimum Gasteiger partial charge on any atom is -0.496 e. The van der Waals surface area contributed by atoms with Gasteiger partial charge in [-0.1, -0.05) is 6.07 Å². The van der Waals surface area contributed by atoms with Crippen LogP contribution in [-0.4, -0.2) is 22.9 Å². The van der Waals surface area contributed by atoms with E-state index in [0.717, 1.165) is 11.1 Å². The average Bonchev–Trinajstić information content (AvgIpc) is 2.96. The number of carbonyl (C=O) groups is 1. The first kappa shape index (κ1) is 14.8. The number of aryl methyl sites for hydroxylation is 2. The second kappa shape index (κ2) is 5.58. The van der Waals surface area contributed by atoms with Gasteiger partial charge < -0.3 is 9.72 Å². The Morgan fingerprint density at radius 1 is 1.26 bits per heavy atom. The summed E-state index contributed by atoms with van der Waals surface area (Å²) in [6, 6.07) is 10.9. The Bertz CT molecular complexity index is 964. The molecule has 5 nitrogen and oxygen atoms in total. The molecule has 1 aromatic heterocycles. The van der Waals surface area contributed by atoms with Crippen LogP contribution in [0.5, 0.6) is 5.75 Å². The molecule has 0 saturated carbocycles. The molecule has 0 radical (unpaired) electrons. The summed E-state index contributed by atoms with van der Waals surface area (Å²) in [5.74, 6) is 0.542. The predicted octanol–water partition coefficient (Wildman–Crippen LogP) is 3.29. The zero-order valence-corrected chi connectivity index (χ0v) is 13.1. The minimum absolute atomic E-state index is 0.228. The van der Waals surface area contributed by atoms with Crippen LogP contribution in [0.4, 0.5) is 0 Å². The molecule has 23 heavy (non-hydrogen) atoms. The van der Waals surface area contributed by atoms with Crippen LogP contribution >= 0.6 is 0 Å². The van der Waals surface area contributed by atoms with Crippen LogP contribution in [0.25, 0.3) is 11.0 Å². The van der Waals surface area contributed by atoms with Crippen molar-refractivity contribution in [3.05, 3.63) is 58.4 Å². The van der Waals surface area contributed by atoms with Crippen molar-refractivity contribution in [1.82, 2.24) is 9.97 Å². The standard InChI is InChI=1S/C18H15N3O2/c1-10-6-11(2)16(15(7-10)23-3)17(22)18-20-13-5-4-12(9-19)8-14(13)21-18/h4-8H,1-3H3,(H,20,21). The SMILES string of the molecule is COc1cc(C)cc(C)c1C(=O)c1nc2ccc(C#N)cc2[nH]1. The van der Waals surface area contributed by atoms with Gasteiger partial charge in [-0.2, -0.15) is 5.26 Å². The molecule has 1 heterocycles. The third-order valence-electron chi connectivity index (χ3n) is 3.72. The third kappa shape index (κ3) is 2.55. The second-order valence-electron chi connectivity index (χ2n) is 5.42. The Kier molecular flexibility index (Phi) is 3.59. The van der Waals surface area contributed by atoms with Gasteiger partial charge in [-0.3, -0.25) is 4.79 Å². The number of methoxy groups -OCH3 is 1. The van der Waals surface area contributed by atoms with Gasteiger partial charge in [-0.15, -0.1) is 0 Å². The summed E-state index contributed by atoms with van der Waals surface area (Å²) < 4.78 is 5.35. The molecular weight excluding hydrogens is 290 g/mol. The summed E-state index contributed by atoms with van der Waals surface area (Å²) >= 11 is 0. The minimum atomic E-state index is -0.228. The van der Waals surface area contributed by atoms with Gasteiger partial charge in [0.2, 0.25) is 5.78 Å². The summed E-state index contributed by atoms with van der Waals surface area (Å²) in [6.07, 6.45) is 0. The summed E-state index contributed by atoms with van der Waals surface area (Å²) in [6.45, 7) is 3.83. The number of fused-ring (bicyclic) bond motifs is 1. The van der Waals surface area contributed by atoms with Crippen LogP contribution in [0.1, 0.15) is 32.9 Å². The fourth-order valence-corrected chi connectivity index (χ4v) is 2.69. The molecular formula is C18H15N3O2. The zero-order chi connectivity index (χ0) is 16.6. The Balaban J connectivity index is 2.13. The smallest absolute Gasteiger partial charge is 0.232 e. The first-order chi connectivity index (χ1) is 11.0. The number of aromatic amines is 1. The maximum Gasteiger partial charge on any atom is 0.232 e. The third-order valence-corrected chi connectivity index (χ3v) is 3.72. The fourth-order valence-electron chi connectivity index (χ4n) is 2.69. The largest absolute Gasteiger partial charge is 0.496 e. The van der Waals surface area contributed by atoms with E-state index in [1.807, 2.05) is 26.0 Å². The molecule has 0 amide bonds. The predicted molar refractivity (Wildman–Crippen MR) is 86.7 cm³/mol.